The standard InChI is InChI=1S/C31H39N9O11S2/c1-31(2)25(28(43)40(31)51-53(46,47)48)37-27(42)24(21-16-52-30(34)35-21)38-50-22(29(44)45)15-49-19-10-7-17(8-11-19)18-9-12-23(39(3)14-18)36-26(41)20(33)6-4-5-13-32/h7-12,14,16,20,22,25H,4-6,13,15,32-33H2,1-3H3,(H5,34,35,37,42,44,45,46,47,48)/t20?,22-,25?/m0/s1. The van der Waals surface area contributed by atoms with Gasteiger partial charge in [0.05, 0.1) is 18.8 Å². The van der Waals surface area contributed by atoms with E-state index in [1.54, 1.807) is 41.9 Å². The van der Waals surface area contributed by atoms with Gasteiger partial charge >= 0.3 is 11.9 Å². The Labute approximate surface area is 307 Å². The minimum absolute atomic E-state index is 0.0354. The molecule has 286 valence electrons. The summed E-state index contributed by atoms with van der Waals surface area (Å²) in [5.74, 6) is -3.06. The van der Waals surface area contributed by atoms with E-state index in [-0.39, 0.29) is 22.5 Å². The highest BCUT2D eigenvalue weighted by molar-refractivity contribution is 7.80. The summed E-state index contributed by atoms with van der Waals surface area (Å²) in [5, 5.41) is 20.3. The van der Waals surface area contributed by atoms with Gasteiger partial charge in [-0.1, -0.05) is 23.7 Å². The number of benzene rings is 1. The molecule has 3 amide bonds. The van der Waals surface area contributed by atoms with Crippen LogP contribution in [0.25, 0.3) is 11.1 Å². The third-order valence-corrected chi connectivity index (χ3v) is 8.93. The number of nitrogen functional groups attached to an aromatic ring is 1. The van der Waals surface area contributed by atoms with Gasteiger partial charge in [0.15, 0.2) is 10.8 Å². The van der Waals surface area contributed by atoms with Gasteiger partial charge in [-0.3, -0.25) is 9.59 Å². The van der Waals surface area contributed by atoms with Gasteiger partial charge in [-0.2, -0.15) is 9.35 Å². The highest BCUT2D eigenvalue weighted by Gasteiger charge is 2.57. The van der Waals surface area contributed by atoms with E-state index in [1.165, 1.54) is 19.2 Å². The predicted molar refractivity (Wildman–Crippen MR) is 187 cm³/mol. The van der Waals surface area contributed by atoms with Gasteiger partial charge in [0.1, 0.15) is 30.1 Å². The molecular formula is C31H39N9O11S2. The van der Waals surface area contributed by atoms with Crippen LogP contribution in [0.3, 0.4) is 0 Å². The monoisotopic (exact) mass is 777 g/mol. The molecule has 0 radical (unpaired) electrons. The molecule has 1 aliphatic heterocycles. The Balaban J connectivity index is 1.40. The van der Waals surface area contributed by atoms with Crippen LogP contribution in [0.15, 0.2) is 53.1 Å². The van der Waals surface area contributed by atoms with E-state index >= 15 is 0 Å². The maximum atomic E-state index is 13.3. The summed E-state index contributed by atoms with van der Waals surface area (Å²) >= 11 is 0.938. The van der Waals surface area contributed by atoms with E-state index in [2.05, 4.69) is 25.1 Å². The van der Waals surface area contributed by atoms with Crippen LogP contribution in [0.4, 0.5) is 10.9 Å². The second-order valence-electron chi connectivity index (χ2n) is 12.2. The number of aryl methyl sites for hydroxylation is 1. The Hall–Kier alpha value is -5.26. The van der Waals surface area contributed by atoms with Crippen LogP contribution in [-0.4, -0.2) is 94.4 Å². The zero-order chi connectivity index (χ0) is 39.1. The number of pyridine rings is 1. The molecular weight excluding hydrogens is 739 g/mol. The third-order valence-electron chi connectivity index (χ3n) is 7.92. The lowest BCUT2D eigenvalue weighted by molar-refractivity contribution is -0.656. The molecule has 53 heavy (non-hydrogen) atoms. The molecule has 0 aliphatic carbocycles. The smallest absolute Gasteiger partial charge is 0.351 e. The topological polar surface area (TPSA) is 308 Å². The Morgan fingerprint density at radius 2 is 1.85 bits per heavy atom. The minimum atomic E-state index is -5.28. The molecule has 0 spiro atoms. The molecule has 3 aromatic rings. The van der Waals surface area contributed by atoms with E-state index in [0.29, 0.717) is 23.8 Å². The van der Waals surface area contributed by atoms with Crippen molar-refractivity contribution in [3.8, 4) is 16.9 Å². The van der Waals surface area contributed by atoms with Crippen LogP contribution in [0.1, 0.15) is 38.8 Å². The Morgan fingerprint density at radius 1 is 1.17 bits per heavy atom. The number of hydrogen-bond acceptors (Lipinski definition) is 16. The number of unbranched alkanes of at least 4 members (excludes halogenated alkanes) is 1. The molecule has 1 fully saturated rings. The molecule has 3 heterocycles. The molecule has 22 heteroatoms. The van der Waals surface area contributed by atoms with Crippen LogP contribution in [0, 0.1) is 0 Å². The van der Waals surface area contributed by atoms with Crippen LogP contribution in [0.2, 0.25) is 0 Å². The van der Waals surface area contributed by atoms with Gasteiger partial charge in [-0.25, -0.2) is 32.9 Å². The molecule has 0 saturated carbocycles. The maximum absolute atomic E-state index is 13.3. The number of amides is 3. The first kappa shape index (κ1) is 40.5. The Bertz CT molecular complexity index is 1970. The summed E-state index contributed by atoms with van der Waals surface area (Å²) in [6, 6.07) is 8.20. The van der Waals surface area contributed by atoms with E-state index in [0.717, 1.165) is 35.3 Å². The number of hydroxylamine groups is 2. The largest absolute Gasteiger partial charge is 0.724 e. The van der Waals surface area contributed by atoms with Crippen molar-refractivity contribution in [3.05, 3.63) is 53.7 Å². The zero-order valence-corrected chi connectivity index (χ0v) is 30.4. The molecule has 2 aromatic heterocycles. The van der Waals surface area contributed by atoms with Crippen molar-refractivity contribution < 1.29 is 55.7 Å². The number of β-lactam (4-membered cyclic amide) rings is 1. The number of aliphatic carboxylic acids is 1. The number of thiazole rings is 1. The number of nitrogens with one attached hydrogen (secondary N) is 2. The number of anilines is 2. The van der Waals surface area contributed by atoms with Crippen LogP contribution in [-0.2, 0) is 45.7 Å². The van der Waals surface area contributed by atoms with Crippen molar-refractivity contribution in [2.24, 2.45) is 23.7 Å². The third kappa shape index (κ3) is 10.4. The molecule has 0 bridgehead atoms. The molecule has 3 atom stereocenters. The van der Waals surface area contributed by atoms with Crippen molar-refractivity contribution in [1.82, 2.24) is 15.4 Å². The lowest BCUT2D eigenvalue weighted by atomic mass is 9.84. The number of hydrogen-bond donors (Lipinski definition) is 6. The van der Waals surface area contributed by atoms with E-state index in [4.69, 9.17) is 26.8 Å². The van der Waals surface area contributed by atoms with Gasteiger partial charge in [0, 0.05) is 17.0 Å². The fraction of sp³-hybridized carbons (Fsp3) is 0.387. The van der Waals surface area contributed by atoms with Gasteiger partial charge in [-0.15, -0.1) is 11.3 Å². The minimum Gasteiger partial charge on any atom is -0.724 e. The van der Waals surface area contributed by atoms with Crippen molar-refractivity contribution >= 4 is 62.1 Å². The van der Waals surface area contributed by atoms with Gasteiger partial charge in [-0.05, 0) is 57.0 Å². The number of carbonyl (C=O) groups is 4. The van der Waals surface area contributed by atoms with Gasteiger partial charge < -0.3 is 41.8 Å². The quantitative estimate of drug-likeness (QED) is 0.0178. The lowest BCUT2D eigenvalue weighted by Gasteiger charge is -2.51. The molecule has 20 nitrogen and oxygen atoms in total. The number of ether oxygens (including phenoxy) is 1. The second kappa shape index (κ2) is 17.0. The number of nitrogens with zero attached hydrogens (tertiary/aromatic N) is 4. The average Bonchev–Trinajstić information content (AvgIpc) is 3.53. The van der Waals surface area contributed by atoms with E-state index in [9.17, 15) is 37.3 Å². The molecule has 1 aliphatic rings. The number of carboxylic acids is 1. The van der Waals surface area contributed by atoms with Crippen LogP contribution < -0.4 is 37.1 Å². The summed E-state index contributed by atoms with van der Waals surface area (Å²) in [6.45, 7) is 2.64. The highest BCUT2D eigenvalue weighted by atomic mass is 32.3. The summed E-state index contributed by atoms with van der Waals surface area (Å²) in [4.78, 5) is 59.4. The van der Waals surface area contributed by atoms with Crippen molar-refractivity contribution in [2.75, 3.05) is 24.2 Å². The number of aromatic nitrogens is 2. The molecule has 4 rings (SSSR count). The van der Waals surface area contributed by atoms with Crippen molar-refractivity contribution in [2.45, 2.75) is 56.8 Å². The van der Waals surface area contributed by atoms with Crippen LogP contribution in [0.5, 0.6) is 5.75 Å². The van der Waals surface area contributed by atoms with Crippen molar-refractivity contribution in [1.29, 1.82) is 0 Å². The molecule has 9 N–H and O–H groups in total. The normalized spacial score (nSPS) is 16.6. The average molecular weight is 778 g/mol. The molecule has 1 aromatic carbocycles. The highest BCUT2D eigenvalue weighted by Crippen LogP contribution is 2.33. The summed E-state index contributed by atoms with van der Waals surface area (Å²) < 4.78 is 44.6. The lowest BCUT2D eigenvalue weighted by Crippen LogP contribution is -2.76. The first-order valence-electron chi connectivity index (χ1n) is 15.9. The number of rotatable bonds is 18. The van der Waals surface area contributed by atoms with Crippen molar-refractivity contribution in [3.63, 3.8) is 0 Å². The molecule has 1 saturated heterocycles. The number of oxime groups is 1. The first-order chi connectivity index (χ1) is 24.9. The first-order valence-corrected chi connectivity index (χ1v) is 18.1. The van der Waals surface area contributed by atoms with Crippen LogP contribution >= 0.6 is 11.3 Å². The van der Waals surface area contributed by atoms with Gasteiger partial charge in [0.25, 0.3) is 23.7 Å². The number of nitrogens with two attached hydrogens (primary N) is 3. The fourth-order valence-electron chi connectivity index (χ4n) is 4.96. The Morgan fingerprint density at radius 3 is 2.42 bits per heavy atom. The van der Waals surface area contributed by atoms with E-state index < -0.39 is 64.2 Å². The number of carbonyl (C=O) groups excluding carboxylic acids is 3. The summed E-state index contributed by atoms with van der Waals surface area (Å²) in [5.41, 5.74) is 16.6. The SMILES string of the molecule is C[n+]1cc(-c2ccc(OC[C@H](ON=C(C(=O)NC3C(=O)N(OS(=O)(=O)[O-])C3(C)C)c3csc(N)n3)C(=O)O)cc2)ccc1NC(=O)C(N)CCCCN. The molecule has 2 unspecified atom stereocenters. The maximum Gasteiger partial charge on any atom is 0.351 e. The summed E-state index contributed by atoms with van der Waals surface area (Å²) in [6.07, 6.45) is 2.14. The predicted octanol–water partition coefficient (Wildman–Crippen LogP) is -0.638. The zero-order valence-electron chi connectivity index (χ0n) is 28.8. The Kier molecular flexibility index (Phi) is 13.0. The van der Waals surface area contributed by atoms with Gasteiger partial charge in [0.2, 0.25) is 10.4 Å². The van der Waals surface area contributed by atoms with E-state index in [1.807, 2.05) is 12.3 Å². The number of carboxylic acid groups (broad SMARTS) is 1. The fourth-order valence-corrected chi connectivity index (χ4v) is 5.96. The summed E-state index contributed by atoms with van der Waals surface area (Å²) in [7, 11) is -3.52. The second-order valence-corrected chi connectivity index (χ2v) is 14.1.